The van der Waals surface area contributed by atoms with E-state index < -0.39 is 0 Å². The van der Waals surface area contributed by atoms with Gasteiger partial charge in [-0.25, -0.2) is 0 Å². The molecule has 1 aliphatic rings. The summed E-state index contributed by atoms with van der Waals surface area (Å²) in [7, 11) is 0. The van der Waals surface area contributed by atoms with Crippen molar-refractivity contribution in [3.8, 4) is 0 Å². The van der Waals surface area contributed by atoms with E-state index >= 15 is 0 Å². The first-order valence-corrected chi connectivity index (χ1v) is 7.87. The number of halogens is 2. The Morgan fingerprint density at radius 1 is 1.09 bits per heavy atom. The molecule has 3 rings (SSSR count). The quantitative estimate of drug-likeness (QED) is 0.807. The van der Waals surface area contributed by atoms with Gasteiger partial charge in [0.15, 0.2) is 0 Å². The molecular weight excluding hydrogens is 331 g/mol. The number of amides is 1. The molecule has 5 heteroatoms. The third kappa shape index (κ3) is 3.98. The molecule has 0 bridgehead atoms. The predicted molar refractivity (Wildman–Crippen MR) is 97.2 cm³/mol. The van der Waals surface area contributed by atoms with Crippen LogP contribution in [0.2, 0.25) is 5.02 Å². The van der Waals surface area contributed by atoms with Crippen LogP contribution in [0.15, 0.2) is 48.5 Å². The van der Waals surface area contributed by atoms with Crippen LogP contribution in [0.1, 0.15) is 24.0 Å². The van der Waals surface area contributed by atoms with Gasteiger partial charge >= 0.3 is 0 Å². The van der Waals surface area contributed by atoms with Gasteiger partial charge in [0.25, 0.3) is 0 Å². The van der Waals surface area contributed by atoms with E-state index in [9.17, 15) is 4.79 Å². The van der Waals surface area contributed by atoms with E-state index in [-0.39, 0.29) is 23.7 Å². The fourth-order valence-corrected chi connectivity index (χ4v) is 2.84. The Morgan fingerprint density at radius 2 is 1.70 bits per heavy atom. The van der Waals surface area contributed by atoms with E-state index in [1.54, 1.807) is 0 Å². The maximum absolute atomic E-state index is 12.5. The van der Waals surface area contributed by atoms with Crippen LogP contribution in [0, 0.1) is 0 Å². The van der Waals surface area contributed by atoms with Crippen LogP contribution in [-0.2, 0) is 16.6 Å². The van der Waals surface area contributed by atoms with Gasteiger partial charge in [0, 0.05) is 17.3 Å². The van der Waals surface area contributed by atoms with E-state index in [0.717, 1.165) is 30.5 Å². The molecular formula is C18H20Cl2N2O. The second-order valence-electron chi connectivity index (χ2n) is 5.84. The number of nitrogens with one attached hydrogen (secondary N) is 1. The summed E-state index contributed by atoms with van der Waals surface area (Å²) in [6.45, 7) is 0.637. The van der Waals surface area contributed by atoms with Crippen molar-refractivity contribution in [2.45, 2.75) is 24.7 Å². The topological polar surface area (TPSA) is 55.1 Å². The lowest BCUT2D eigenvalue weighted by Crippen LogP contribution is -2.35. The molecule has 0 heterocycles. The summed E-state index contributed by atoms with van der Waals surface area (Å²) in [5.41, 5.74) is 8.31. The summed E-state index contributed by atoms with van der Waals surface area (Å²) in [6, 6.07) is 15.3. The van der Waals surface area contributed by atoms with E-state index in [1.807, 2.05) is 48.5 Å². The number of carbonyl (C=O) groups excluding carboxylic acids is 1. The van der Waals surface area contributed by atoms with Crippen LogP contribution < -0.4 is 11.1 Å². The Labute approximate surface area is 147 Å². The summed E-state index contributed by atoms with van der Waals surface area (Å²) >= 11 is 5.91. The zero-order chi connectivity index (χ0) is 15.6. The predicted octanol–water partition coefficient (Wildman–Crippen LogP) is 3.73. The zero-order valence-corrected chi connectivity index (χ0v) is 14.3. The van der Waals surface area contributed by atoms with Gasteiger partial charge in [0.05, 0.1) is 5.41 Å². The number of nitrogens with two attached hydrogens (primary N) is 1. The first kappa shape index (κ1) is 17.6. The van der Waals surface area contributed by atoms with Crippen LogP contribution in [0.3, 0.4) is 0 Å². The van der Waals surface area contributed by atoms with Gasteiger partial charge in [-0.2, -0.15) is 0 Å². The average molecular weight is 351 g/mol. The molecule has 2 aromatic carbocycles. The van der Waals surface area contributed by atoms with E-state index in [1.165, 1.54) is 5.56 Å². The molecule has 0 radical (unpaired) electrons. The summed E-state index contributed by atoms with van der Waals surface area (Å²) in [5, 5.41) is 3.76. The van der Waals surface area contributed by atoms with Crippen molar-refractivity contribution in [1.29, 1.82) is 0 Å². The molecule has 1 aliphatic carbocycles. The summed E-state index contributed by atoms with van der Waals surface area (Å²) < 4.78 is 0. The summed E-state index contributed by atoms with van der Waals surface area (Å²) in [5.74, 6) is 0.116. The average Bonchev–Trinajstić information content (AvgIpc) is 3.32. The molecule has 0 atom stereocenters. The summed E-state index contributed by atoms with van der Waals surface area (Å²) in [4.78, 5) is 12.5. The minimum Gasteiger partial charge on any atom is -0.399 e. The second-order valence-corrected chi connectivity index (χ2v) is 6.27. The molecule has 3 nitrogen and oxygen atoms in total. The smallest absolute Gasteiger partial charge is 0.230 e. The largest absolute Gasteiger partial charge is 0.399 e. The molecule has 1 fully saturated rings. The SMILES string of the molecule is Cl.Nc1ccc(CCNC(=O)C2(c3ccc(Cl)cc3)CC2)cc1. The van der Waals surface area contributed by atoms with Crippen molar-refractivity contribution in [3.05, 3.63) is 64.7 Å². The van der Waals surface area contributed by atoms with Gasteiger partial charge in [-0.15, -0.1) is 12.4 Å². The molecule has 122 valence electrons. The van der Waals surface area contributed by atoms with Gasteiger partial charge < -0.3 is 11.1 Å². The zero-order valence-electron chi connectivity index (χ0n) is 12.7. The first-order valence-electron chi connectivity index (χ1n) is 7.49. The van der Waals surface area contributed by atoms with E-state index in [0.29, 0.717) is 11.6 Å². The number of hydrogen-bond donors (Lipinski definition) is 2. The van der Waals surface area contributed by atoms with Gasteiger partial charge in [0.2, 0.25) is 5.91 Å². The van der Waals surface area contributed by atoms with Crippen LogP contribution in [0.4, 0.5) is 5.69 Å². The lowest BCUT2D eigenvalue weighted by atomic mass is 9.95. The Hall–Kier alpha value is -1.71. The highest BCUT2D eigenvalue weighted by atomic mass is 35.5. The van der Waals surface area contributed by atoms with Crippen LogP contribution in [0.5, 0.6) is 0 Å². The van der Waals surface area contributed by atoms with Crippen LogP contribution >= 0.6 is 24.0 Å². The molecule has 1 amide bonds. The molecule has 2 aromatic rings. The van der Waals surface area contributed by atoms with E-state index in [4.69, 9.17) is 17.3 Å². The number of hydrogen-bond acceptors (Lipinski definition) is 2. The second kappa shape index (κ2) is 7.24. The highest BCUT2D eigenvalue weighted by Crippen LogP contribution is 2.48. The maximum atomic E-state index is 12.5. The van der Waals surface area contributed by atoms with Crippen molar-refractivity contribution in [3.63, 3.8) is 0 Å². The third-order valence-electron chi connectivity index (χ3n) is 4.26. The Morgan fingerprint density at radius 3 is 2.26 bits per heavy atom. The first-order chi connectivity index (χ1) is 10.6. The Bertz CT molecular complexity index is 664. The third-order valence-corrected chi connectivity index (χ3v) is 4.51. The standard InChI is InChI=1S/C18H19ClN2O.ClH/c19-15-5-3-14(4-6-15)18(10-11-18)17(22)21-12-9-13-1-7-16(20)8-2-13;/h1-8H,9-12,20H2,(H,21,22);1H. The fraction of sp³-hybridized carbons (Fsp3) is 0.278. The lowest BCUT2D eigenvalue weighted by molar-refractivity contribution is -0.123. The van der Waals surface area contributed by atoms with Gasteiger partial charge in [0.1, 0.15) is 0 Å². The molecule has 0 unspecified atom stereocenters. The molecule has 0 aliphatic heterocycles. The molecule has 1 saturated carbocycles. The van der Waals surface area contributed by atoms with Crippen molar-refractivity contribution in [2.24, 2.45) is 0 Å². The van der Waals surface area contributed by atoms with Crippen molar-refractivity contribution in [2.75, 3.05) is 12.3 Å². The number of carbonyl (C=O) groups is 1. The normalized spacial score (nSPS) is 14.7. The Kier molecular flexibility index (Phi) is 5.55. The molecule has 0 saturated heterocycles. The summed E-state index contributed by atoms with van der Waals surface area (Å²) in [6.07, 6.45) is 2.62. The van der Waals surface area contributed by atoms with Gasteiger partial charge in [-0.1, -0.05) is 35.9 Å². The highest BCUT2D eigenvalue weighted by molar-refractivity contribution is 6.30. The molecule has 23 heavy (non-hydrogen) atoms. The lowest BCUT2D eigenvalue weighted by Gasteiger charge is -2.16. The van der Waals surface area contributed by atoms with Crippen molar-refractivity contribution >= 4 is 35.6 Å². The molecule has 3 N–H and O–H groups in total. The van der Waals surface area contributed by atoms with Crippen molar-refractivity contribution < 1.29 is 4.79 Å². The number of benzene rings is 2. The van der Waals surface area contributed by atoms with Gasteiger partial charge in [-0.05, 0) is 54.7 Å². The van der Waals surface area contributed by atoms with Gasteiger partial charge in [-0.3, -0.25) is 4.79 Å². The van der Waals surface area contributed by atoms with E-state index in [2.05, 4.69) is 5.32 Å². The fourth-order valence-electron chi connectivity index (χ4n) is 2.71. The number of rotatable bonds is 5. The van der Waals surface area contributed by atoms with Crippen molar-refractivity contribution in [1.82, 2.24) is 5.32 Å². The monoisotopic (exact) mass is 350 g/mol. The highest BCUT2D eigenvalue weighted by Gasteiger charge is 2.50. The maximum Gasteiger partial charge on any atom is 0.230 e. The number of nitrogen functional groups attached to an aromatic ring is 1. The van der Waals surface area contributed by atoms with Crippen LogP contribution in [0.25, 0.3) is 0 Å². The van der Waals surface area contributed by atoms with Crippen LogP contribution in [-0.4, -0.2) is 12.5 Å². The minimum atomic E-state index is -0.342. The minimum absolute atomic E-state index is 0. The molecule has 0 aromatic heterocycles. The number of anilines is 1. The Balaban J connectivity index is 0.00000192. The molecule has 0 spiro atoms.